The van der Waals surface area contributed by atoms with Gasteiger partial charge in [-0.3, -0.25) is 9.59 Å². The number of amides is 1. The minimum absolute atomic E-state index is 0.0127. The van der Waals surface area contributed by atoms with E-state index in [0.29, 0.717) is 25.3 Å². The number of hydrogen-bond acceptors (Lipinski definition) is 4. The van der Waals surface area contributed by atoms with Crippen LogP contribution >= 0.6 is 22.6 Å². The molecule has 0 aliphatic carbocycles. The number of rotatable bonds is 3. The summed E-state index contributed by atoms with van der Waals surface area (Å²) in [6, 6.07) is 5.71. The van der Waals surface area contributed by atoms with Crippen molar-refractivity contribution in [2.45, 2.75) is 19.4 Å². The van der Waals surface area contributed by atoms with Crippen molar-refractivity contribution in [2.75, 3.05) is 26.8 Å². The maximum Gasteiger partial charge on any atom is 0.308 e. The number of esters is 1. The summed E-state index contributed by atoms with van der Waals surface area (Å²) in [6.07, 6.45) is -0.122. The second-order valence-electron chi connectivity index (χ2n) is 4.96. The highest BCUT2D eigenvalue weighted by atomic mass is 127. The zero-order valence-electron chi connectivity index (χ0n) is 12.1. The molecule has 1 heterocycles. The quantitative estimate of drug-likeness (QED) is 0.573. The first kappa shape index (κ1) is 16.2. The molecule has 2 rings (SSSR count). The van der Waals surface area contributed by atoms with Crippen LogP contribution in [0.2, 0.25) is 0 Å². The molecule has 0 bridgehead atoms. The number of morpholine rings is 1. The average molecular weight is 403 g/mol. The SMILES string of the molecule is COC(=O)CC1CN(C(=O)c2cccc(C)c2I)CCO1. The van der Waals surface area contributed by atoms with Gasteiger partial charge in [-0.2, -0.15) is 0 Å². The topological polar surface area (TPSA) is 55.8 Å². The van der Waals surface area contributed by atoms with E-state index in [1.165, 1.54) is 7.11 Å². The molecule has 21 heavy (non-hydrogen) atoms. The summed E-state index contributed by atoms with van der Waals surface area (Å²) in [5.74, 6) is -0.333. The van der Waals surface area contributed by atoms with Crippen molar-refractivity contribution in [3.8, 4) is 0 Å². The van der Waals surface area contributed by atoms with Crippen LogP contribution in [0.15, 0.2) is 18.2 Å². The smallest absolute Gasteiger partial charge is 0.308 e. The predicted molar refractivity (Wildman–Crippen MR) is 86.2 cm³/mol. The molecule has 0 N–H and O–H groups in total. The number of benzene rings is 1. The number of carbonyl (C=O) groups excluding carboxylic acids is 2. The summed E-state index contributed by atoms with van der Waals surface area (Å²) in [4.78, 5) is 25.7. The van der Waals surface area contributed by atoms with Gasteiger partial charge in [-0.05, 0) is 41.1 Å². The highest BCUT2D eigenvalue weighted by molar-refractivity contribution is 14.1. The lowest BCUT2D eigenvalue weighted by Crippen LogP contribution is -2.46. The largest absolute Gasteiger partial charge is 0.469 e. The molecular weight excluding hydrogens is 385 g/mol. The van der Waals surface area contributed by atoms with Crippen molar-refractivity contribution in [1.29, 1.82) is 0 Å². The van der Waals surface area contributed by atoms with Crippen LogP contribution in [-0.4, -0.2) is 49.7 Å². The summed E-state index contributed by atoms with van der Waals surface area (Å²) in [7, 11) is 1.35. The number of methoxy groups -OCH3 is 1. The molecule has 0 radical (unpaired) electrons. The molecule has 114 valence electrons. The standard InChI is InChI=1S/C15H18INO4/c1-10-4-3-5-12(14(10)16)15(19)17-6-7-21-11(9-17)8-13(18)20-2/h3-5,11H,6-9H2,1-2H3. The van der Waals surface area contributed by atoms with Gasteiger partial charge in [-0.1, -0.05) is 12.1 Å². The van der Waals surface area contributed by atoms with E-state index in [1.807, 2.05) is 25.1 Å². The van der Waals surface area contributed by atoms with Gasteiger partial charge in [0.25, 0.3) is 5.91 Å². The van der Waals surface area contributed by atoms with Crippen molar-refractivity contribution in [3.63, 3.8) is 0 Å². The maximum absolute atomic E-state index is 12.6. The van der Waals surface area contributed by atoms with Crippen molar-refractivity contribution in [1.82, 2.24) is 4.90 Å². The molecule has 1 aromatic rings. The Balaban J connectivity index is 2.08. The van der Waals surface area contributed by atoms with Gasteiger partial charge in [-0.25, -0.2) is 0 Å². The van der Waals surface area contributed by atoms with E-state index in [1.54, 1.807) is 4.90 Å². The summed E-state index contributed by atoms with van der Waals surface area (Å²) in [6.45, 7) is 3.38. The fourth-order valence-electron chi connectivity index (χ4n) is 2.28. The van der Waals surface area contributed by atoms with Crippen LogP contribution in [0, 0.1) is 10.5 Å². The Kier molecular flexibility index (Phi) is 5.58. The lowest BCUT2D eigenvalue weighted by Gasteiger charge is -2.32. The summed E-state index contributed by atoms with van der Waals surface area (Å²) < 4.78 is 11.1. The third-order valence-electron chi connectivity index (χ3n) is 3.47. The third kappa shape index (κ3) is 3.94. The molecule has 1 aliphatic rings. The molecule has 5 nitrogen and oxygen atoms in total. The van der Waals surface area contributed by atoms with Gasteiger partial charge in [0.2, 0.25) is 0 Å². The van der Waals surface area contributed by atoms with E-state index in [-0.39, 0.29) is 24.4 Å². The minimum atomic E-state index is -0.320. The van der Waals surface area contributed by atoms with Crippen LogP contribution in [-0.2, 0) is 14.3 Å². The van der Waals surface area contributed by atoms with Crippen LogP contribution < -0.4 is 0 Å². The third-order valence-corrected chi connectivity index (χ3v) is 4.90. The van der Waals surface area contributed by atoms with Gasteiger partial charge in [0.15, 0.2) is 0 Å². The fraction of sp³-hybridized carbons (Fsp3) is 0.467. The van der Waals surface area contributed by atoms with Crippen LogP contribution in [0.3, 0.4) is 0 Å². The number of carbonyl (C=O) groups is 2. The van der Waals surface area contributed by atoms with Crippen LogP contribution in [0.25, 0.3) is 0 Å². The van der Waals surface area contributed by atoms with E-state index >= 15 is 0 Å². The highest BCUT2D eigenvalue weighted by Gasteiger charge is 2.27. The van der Waals surface area contributed by atoms with Crippen LogP contribution in [0.1, 0.15) is 22.3 Å². The fourth-order valence-corrected chi connectivity index (χ4v) is 2.87. The molecule has 1 aliphatic heterocycles. The van der Waals surface area contributed by atoms with Gasteiger partial charge in [0.1, 0.15) is 0 Å². The zero-order chi connectivity index (χ0) is 15.4. The summed E-state index contributed by atoms with van der Waals surface area (Å²) in [5.41, 5.74) is 1.79. The Morgan fingerprint density at radius 1 is 1.48 bits per heavy atom. The Morgan fingerprint density at radius 3 is 2.95 bits per heavy atom. The zero-order valence-corrected chi connectivity index (χ0v) is 14.3. The number of ether oxygens (including phenoxy) is 2. The first-order chi connectivity index (χ1) is 10.0. The van der Waals surface area contributed by atoms with Gasteiger partial charge in [-0.15, -0.1) is 0 Å². The molecule has 1 aromatic carbocycles. The van der Waals surface area contributed by atoms with Crippen molar-refractivity contribution < 1.29 is 19.1 Å². The molecule has 1 saturated heterocycles. The normalized spacial score (nSPS) is 18.4. The molecular formula is C15H18INO4. The molecule has 1 unspecified atom stereocenters. The van der Waals surface area contributed by atoms with Crippen molar-refractivity contribution >= 4 is 34.5 Å². The molecule has 1 fully saturated rings. The monoisotopic (exact) mass is 403 g/mol. The second-order valence-corrected chi connectivity index (χ2v) is 6.04. The first-order valence-corrected chi connectivity index (χ1v) is 7.83. The predicted octanol–water partition coefficient (Wildman–Crippen LogP) is 2.00. The summed E-state index contributed by atoms with van der Waals surface area (Å²) >= 11 is 2.19. The lowest BCUT2D eigenvalue weighted by molar-refractivity contribution is -0.145. The Labute approximate surface area is 137 Å². The van der Waals surface area contributed by atoms with E-state index in [9.17, 15) is 9.59 Å². The van der Waals surface area contributed by atoms with Gasteiger partial charge >= 0.3 is 5.97 Å². The minimum Gasteiger partial charge on any atom is -0.469 e. The molecule has 1 atom stereocenters. The van der Waals surface area contributed by atoms with Crippen molar-refractivity contribution in [2.24, 2.45) is 0 Å². The average Bonchev–Trinajstić information content (AvgIpc) is 2.49. The molecule has 0 aromatic heterocycles. The first-order valence-electron chi connectivity index (χ1n) is 6.75. The van der Waals surface area contributed by atoms with E-state index < -0.39 is 0 Å². The number of aryl methyl sites for hydroxylation is 1. The van der Waals surface area contributed by atoms with E-state index in [2.05, 4.69) is 27.3 Å². The Morgan fingerprint density at radius 2 is 2.24 bits per heavy atom. The molecule has 1 amide bonds. The molecule has 6 heteroatoms. The van der Waals surface area contributed by atoms with E-state index in [0.717, 1.165) is 9.13 Å². The van der Waals surface area contributed by atoms with Gasteiger partial charge in [0, 0.05) is 16.7 Å². The van der Waals surface area contributed by atoms with Crippen LogP contribution in [0.5, 0.6) is 0 Å². The Bertz CT molecular complexity index is 546. The number of nitrogens with zero attached hydrogens (tertiary/aromatic N) is 1. The van der Waals surface area contributed by atoms with Gasteiger partial charge < -0.3 is 14.4 Å². The van der Waals surface area contributed by atoms with E-state index in [4.69, 9.17) is 4.74 Å². The van der Waals surface area contributed by atoms with Crippen LogP contribution in [0.4, 0.5) is 0 Å². The lowest BCUT2D eigenvalue weighted by atomic mass is 10.1. The Hall–Kier alpha value is -1.15. The summed E-state index contributed by atoms with van der Waals surface area (Å²) in [5, 5.41) is 0. The number of halogens is 1. The number of hydrogen-bond donors (Lipinski definition) is 0. The molecule has 0 spiro atoms. The van der Waals surface area contributed by atoms with Crippen molar-refractivity contribution in [3.05, 3.63) is 32.9 Å². The molecule has 0 saturated carbocycles. The second kappa shape index (κ2) is 7.22. The maximum atomic E-state index is 12.6. The van der Waals surface area contributed by atoms with Gasteiger partial charge in [0.05, 0.1) is 31.8 Å². The highest BCUT2D eigenvalue weighted by Crippen LogP contribution is 2.20.